The zero-order valence-corrected chi connectivity index (χ0v) is 11.8. The monoisotopic (exact) mass is 274 g/mol. The van der Waals surface area contributed by atoms with Gasteiger partial charge in [-0.05, 0) is 24.1 Å². The molecular weight excluding hydrogens is 255 g/mol. The summed E-state index contributed by atoms with van der Waals surface area (Å²) < 4.78 is 12.8. The number of nitrogens with zero attached hydrogens (tertiary/aromatic N) is 2. The highest BCUT2D eigenvalue weighted by molar-refractivity contribution is 5.47. The molecule has 5 heteroatoms. The van der Waals surface area contributed by atoms with E-state index in [1.807, 2.05) is 13.1 Å². The van der Waals surface area contributed by atoms with E-state index in [0.717, 1.165) is 35.9 Å². The topological polar surface area (TPSA) is 49.8 Å². The van der Waals surface area contributed by atoms with Crippen molar-refractivity contribution in [3.63, 3.8) is 0 Å². The van der Waals surface area contributed by atoms with Crippen molar-refractivity contribution in [1.82, 2.24) is 9.97 Å². The minimum absolute atomic E-state index is 0.224. The van der Waals surface area contributed by atoms with E-state index in [-0.39, 0.29) is 5.82 Å². The predicted molar refractivity (Wildman–Crippen MR) is 79.3 cm³/mol. The first kappa shape index (κ1) is 14.2. The van der Waals surface area contributed by atoms with E-state index in [1.165, 1.54) is 12.1 Å². The zero-order valence-electron chi connectivity index (χ0n) is 11.8. The largest absolute Gasteiger partial charge is 0.373 e. The first-order valence-electron chi connectivity index (χ1n) is 6.75. The number of halogens is 1. The van der Waals surface area contributed by atoms with Gasteiger partial charge in [0.2, 0.25) is 0 Å². The Balaban J connectivity index is 2.07. The fraction of sp³-hybridized carbons (Fsp3) is 0.333. The number of aromatic nitrogens is 2. The maximum atomic E-state index is 12.8. The van der Waals surface area contributed by atoms with Gasteiger partial charge >= 0.3 is 0 Å². The van der Waals surface area contributed by atoms with E-state index in [9.17, 15) is 4.39 Å². The molecule has 0 amide bonds. The van der Waals surface area contributed by atoms with Crippen LogP contribution in [0.1, 0.15) is 24.7 Å². The van der Waals surface area contributed by atoms with Crippen LogP contribution in [0.3, 0.4) is 0 Å². The lowest BCUT2D eigenvalue weighted by Gasteiger charge is -2.09. The molecule has 0 aliphatic carbocycles. The van der Waals surface area contributed by atoms with Crippen LogP contribution in [0.4, 0.5) is 16.0 Å². The van der Waals surface area contributed by atoms with Gasteiger partial charge in [0.25, 0.3) is 0 Å². The van der Waals surface area contributed by atoms with E-state index < -0.39 is 0 Å². The molecule has 2 aromatic rings. The predicted octanol–water partition coefficient (Wildman–Crippen LogP) is 3.22. The molecule has 0 aliphatic heterocycles. The Kier molecular flexibility index (Phi) is 4.87. The summed E-state index contributed by atoms with van der Waals surface area (Å²) in [6.45, 7) is 2.70. The molecule has 1 aromatic heterocycles. The third-order valence-electron chi connectivity index (χ3n) is 2.89. The third kappa shape index (κ3) is 3.91. The molecular formula is C15H19FN4. The van der Waals surface area contributed by atoms with Crippen molar-refractivity contribution in [1.29, 1.82) is 0 Å². The average molecular weight is 274 g/mol. The molecule has 106 valence electrons. The summed E-state index contributed by atoms with van der Waals surface area (Å²) in [6, 6.07) is 8.30. The Labute approximate surface area is 118 Å². The van der Waals surface area contributed by atoms with Gasteiger partial charge in [0.1, 0.15) is 23.3 Å². The number of rotatable bonds is 6. The van der Waals surface area contributed by atoms with Crippen LogP contribution in [-0.2, 0) is 13.0 Å². The van der Waals surface area contributed by atoms with Gasteiger partial charge in [0.15, 0.2) is 0 Å². The van der Waals surface area contributed by atoms with Gasteiger partial charge in [-0.25, -0.2) is 14.4 Å². The Morgan fingerprint density at radius 3 is 2.45 bits per heavy atom. The molecule has 0 unspecified atom stereocenters. The molecule has 0 aliphatic rings. The van der Waals surface area contributed by atoms with Crippen LogP contribution in [0.15, 0.2) is 30.3 Å². The molecule has 0 bridgehead atoms. The lowest BCUT2D eigenvalue weighted by atomic mass is 10.2. The normalized spacial score (nSPS) is 10.3. The van der Waals surface area contributed by atoms with E-state index in [0.29, 0.717) is 6.54 Å². The summed E-state index contributed by atoms with van der Waals surface area (Å²) in [4.78, 5) is 8.86. The molecule has 1 aromatic carbocycles. The highest BCUT2D eigenvalue weighted by Gasteiger charge is 2.03. The summed E-state index contributed by atoms with van der Waals surface area (Å²) in [6.07, 6.45) is 1.85. The molecule has 0 saturated carbocycles. The van der Waals surface area contributed by atoms with Gasteiger partial charge in [0, 0.05) is 26.1 Å². The lowest BCUT2D eigenvalue weighted by Crippen LogP contribution is -2.06. The Hall–Kier alpha value is -2.17. The van der Waals surface area contributed by atoms with Crippen LogP contribution in [-0.4, -0.2) is 17.0 Å². The molecule has 1 heterocycles. The Morgan fingerprint density at radius 2 is 1.80 bits per heavy atom. The molecule has 0 atom stereocenters. The third-order valence-corrected chi connectivity index (χ3v) is 2.89. The molecule has 2 N–H and O–H groups in total. The maximum absolute atomic E-state index is 12.8. The second-order valence-electron chi connectivity index (χ2n) is 4.53. The van der Waals surface area contributed by atoms with Gasteiger partial charge in [-0.3, -0.25) is 0 Å². The van der Waals surface area contributed by atoms with Crippen LogP contribution >= 0.6 is 0 Å². The van der Waals surface area contributed by atoms with Crippen molar-refractivity contribution in [2.45, 2.75) is 26.3 Å². The quantitative estimate of drug-likeness (QED) is 0.849. The van der Waals surface area contributed by atoms with Crippen LogP contribution in [0.25, 0.3) is 0 Å². The molecule has 0 radical (unpaired) electrons. The first-order chi connectivity index (χ1) is 9.71. The fourth-order valence-corrected chi connectivity index (χ4v) is 1.85. The van der Waals surface area contributed by atoms with Crippen LogP contribution < -0.4 is 10.6 Å². The lowest BCUT2D eigenvalue weighted by molar-refractivity contribution is 0.627. The van der Waals surface area contributed by atoms with Crippen molar-refractivity contribution < 1.29 is 4.39 Å². The molecule has 20 heavy (non-hydrogen) atoms. The first-order valence-corrected chi connectivity index (χ1v) is 6.75. The second-order valence-corrected chi connectivity index (χ2v) is 4.53. The number of hydrogen-bond donors (Lipinski definition) is 2. The van der Waals surface area contributed by atoms with Crippen molar-refractivity contribution >= 4 is 11.6 Å². The SMILES string of the molecule is CCCc1nc(NC)cc(NCc2ccc(F)cc2)n1. The summed E-state index contributed by atoms with van der Waals surface area (Å²) >= 11 is 0. The van der Waals surface area contributed by atoms with Crippen LogP contribution in [0.5, 0.6) is 0 Å². The Bertz CT molecular complexity index is 554. The number of aryl methyl sites for hydroxylation is 1. The standard InChI is InChI=1S/C15H19FN4/c1-3-4-13-19-14(17-2)9-15(20-13)18-10-11-5-7-12(16)8-6-11/h5-9H,3-4,10H2,1-2H3,(H2,17,18,19,20). The number of nitrogens with one attached hydrogen (secondary N) is 2. The van der Waals surface area contributed by atoms with Gasteiger partial charge in [-0.15, -0.1) is 0 Å². The van der Waals surface area contributed by atoms with Gasteiger partial charge in [-0.1, -0.05) is 19.1 Å². The number of benzene rings is 1. The van der Waals surface area contributed by atoms with Crippen molar-refractivity contribution in [3.05, 3.63) is 47.5 Å². The minimum Gasteiger partial charge on any atom is -0.373 e. The Morgan fingerprint density at radius 1 is 1.10 bits per heavy atom. The van der Waals surface area contributed by atoms with E-state index in [2.05, 4.69) is 27.5 Å². The van der Waals surface area contributed by atoms with Gasteiger partial charge in [0.05, 0.1) is 0 Å². The molecule has 0 fully saturated rings. The smallest absolute Gasteiger partial charge is 0.133 e. The summed E-state index contributed by atoms with van der Waals surface area (Å²) in [5.74, 6) is 2.17. The van der Waals surface area contributed by atoms with E-state index >= 15 is 0 Å². The summed E-state index contributed by atoms with van der Waals surface area (Å²) in [5, 5.41) is 6.27. The average Bonchev–Trinajstić information content (AvgIpc) is 2.47. The van der Waals surface area contributed by atoms with Crippen molar-refractivity contribution in [2.24, 2.45) is 0 Å². The van der Waals surface area contributed by atoms with E-state index in [4.69, 9.17) is 0 Å². The zero-order chi connectivity index (χ0) is 14.4. The van der Waals surface area contributed by atoms with Crippen molar-refractivity contribution in [2.75, 3.05) is 17.7 Å². The maximum Gasteiger partial charge on any atom is 0.133 e. The highest BCUT2D eigenvalue weighted by atomic mass is 19.1. The van der Waals surface area contributed by atoms with Crippen LogP contribution in [0.2, 0.25) is 0 Å². The van der Waals surface area contributed by atoms with E-state index in [1.54, 1.807) is 12.1 Å². The van der Waals surface area contributed by atoms with Gasteiger partial charge < -0.3 is 10.6 Å². The summed E-state index contributed by atoms with van der Waals surface area (Å²) in [7, 11) is 1.84. The summed E-state index contributed by atoms with van der Waals surface area (Å²) in [5.41, 5.74) is 1.01. The number of anilines is 2. The molecule has 4 nitrogen and oxygen atoms in total. The molecule has 2 rings (SSSR count). The number of hydrogen-bond acceptors (Lipinski definition) is 4. The second kappa shape index (κ2) is 6.84. The minimum atomic E-state index is -0.224. The van der Waals surface area contributed by atoms with Crippen LogP contribution in [0, 0.1) is 5.82 Å². The fourth-order valence-electron chi connectivity index (χ4n) is 1.85. The molecule has 0 spiro atoms. The highest BCUT2D eigenvalue weighted by Crippen LogP contribution is 2.13. The molecule has 0 saturated heterocycles. The van der Waals surface area contributed by atoms with Crippen molar-refractivity contribution in [3.8, 4) is 0 Å². The van der Waals surface area contributed by atoms with Gasteiger partial charge in [-0.2, -0.15) is 0 Å².